The molecule has 1 aliphatic rings. The highest BCUT2D eigenvalue weighted by molar-refractivity contribution is 5.63. The Morgan fingerprint density at radius 3 is 2.43 bits per heavy atom. The van der Waals surface area contributed by atoms with Gasteiger partial charge in [0.1, 0.15) is 0 Å². The Hall–Kier alpha value is -1.83. The summed E-state index contributed by atoms with van der Waals surface area (Å²) in [4.78, 5) is 0. The Balaban J connectivity index is 1.93. The Morgan fingerprint density at radius 2 is 1.76 bits per heavy atom. The van der Waals surface area contributed by atoms with E-state index in [-0.39, 0.29) is 5.41 Å². The number of rotatable bonds is 2. The van der Waals surface area contributed by atoms with Crippen LogP contribution < -0.4 is 5.32 Å². The standard InChI is InChI=1S/C19H22FN/c1-19(2,3)15-9-7-13(8-10-15)17(20)16-6-4-5-14-11-12-21-18(14)16/h4-10,17,21H,11-12H2,1-3H3. The van der Waals surface area contributed by atoms with E-state index in [4.69, 9.17) is 0 Å². The number of benzene rings is 2. The Labute approximate surface area is 126 Å². The van der Waals surface area contributed by atoms with E-state index in [1.165, 1.54) is 11.1 Å². The summed E-state index contributed by atoms with van der Waals surface area (Å²) < 4.78 is 14.9. The van der Waals surface area contributed by atoms with Gasteiger partial charge in [0.2, 0.25) is 0 Å². The molecule has 1 aliphatic heterocycles. The number of alkyl halides is 1. The summed E-state index contributed by atoms with van der Waals surface area (Å²) in [7, 11) is 0. The number of para-hydroxylation sites is 1. The van der Waals surface area contributed by atoms with Crippen LogP contribution in [-0.4, -0.2) is 6.54 Å². The van der Waals surface area contributed by atoms with Crippen LogP contribution in [0.1, 0.15) is 49.2 Å². The van der Waals surface area contributed by atoms with Crippen molar-refractivity contribution < 1.29 is 4.39 Å². The smallest absolute Gasteiger partial charge is 0.152 e. The number of hydrogen-bond acceptors (Lipinski definition) is 1. The van der Waals surface area contributed by atoms with Crippen LogP contribution in [0.25, 0.3) is 0 Å². The first-order chi connectivity index (χ1) is 9.97. The first kappa shape index (κ1) is 14.1. The van der Waals surface area contributed by atoms with E-state index in [0.29, 0.717) is 0 Å². The van der Waals surface area contributed by atoms with Crippen LogP contribution in [0, 0.1) is 0 Å². The van der Waals surface area contributed by atoms with Crippen molar-refractivity contribution in [2.24, 2.45) is 0 Å². The van der Waals surface area contributed by atoms with Gasteiger partial charge in [-0.2, -0.15) is 0 Å². The SMILES string of the molecule is CC(C)(C)c1ccc(C(F)c2cccc3c2NCC3)cc1. The average Bonchev–Trinajstić information content (AvgIpc) is 2.94. The zero-order valence-corrected chi connectivity index (χ0v) is 12.9. The number of fused-ring (bicyclic) bond motifs is 1. The molecule has 2 aromatic rings. The summed E-state index contributed by atoms with van der Waals surface area (Å²) >= 11 is 0. The lowest BCUT2D eigenvalue weighted by molar-refractivity contribution is 0.402. The molecule has 0 spiro atoms. The lowest BCUT2D eigenvalue weighted by Gasteiger charge is -2.20. The highest BCUT2D eigenvalue weighted by atomic mass is 19.1. The monoisotopic (exact) mass is 283 g/mol. The van der Waals surface area contributed by atoms with Crippen molar-refractivity contribution in [2.45, 2.75) is 38.8 Å². The second kappa shape index (κ2) is 5.18. The minimum atomic E-state index is -1.07. The Bertz CT molecular complexity index is 638. The lowest BCUT2D eigenvalue weighted by Crippen LogP contribution is -2.11. The summed E-state index contributed by atoms with van der Waals surface area (Å²) in [6.07, 6.45) is -0.0849. The van der Waals surface area contributed by atoms with Crippen molar-refractivity contribution in [3.8, 4) is 0 Å². The van der Waals surface area contributed by atoms with Gasteiger partial charge in [-0.3, -0.25) is 0 Å². The summed E-state index contributed by atoms with van der Waals surface area (Å²) in [5.41, 5.74) is 5.03. The molecule has 0 aromatic heterocycles. The quantitative estimate of drug-likeness (QED) is 0.816. The molecule has 3 rings (SSSR count). The summed E-state index contributed by atoms with van der Waals surface area (Å²) in [5, 5.41) is 3.32. The summed E-state index contributed by atoms with van der Waals surface area (Å²) in [6, 6.07) is 13.8. The van der Waals surface area contributed by atoms with Crippen LogP contribution in [-0.2, 0) is 11.8 Å². The third kappa shape index (κ3) is 2.67. The predicted molar refractivity (Wildman–Crippen MR) is 86.7 cm³/mol. The molecule has 2 aromatic carbocycles. The molecule has 0 bridgehead atoms. The molecule has 0 aliphatic carbocycles. The third-order valence-electron chi connectivity index (χ3n) is 4.22. The van der Waals surface area contributed by atoms with Gasteiger partial charge in [-0.1, -0.05) is 63.2 Å². The van der Waals surface area contributed by atoms with Crippen molar-refractivity contribution >= 4 is 5.69 Å². The third-order valence-corrected chi connectivity index (χ3v) is 4.22. The fraction of sp³-hybridized carbons (Fsp3) is 0.368. The molecule has 0 saturated heterocycles. The van der Waals surface area contributed by atoms with Crippen molar-refractivity contribution in [2.75, 3.05) is 11.9 Å². The fourth-order valence-corrected chi connectivity index (χ4v) is 2.91. The normalized spacial score (nSPS) is 15.4. The zero-order chi connectivity index (χ0) is 15.0. The van der Waals surface area contributed by atoms with Gasteiger partial charge in [0.05, 0.1) is 0 Å². The average molecular weight is 283 g/mol. The van der Waals surface area contributed by atoms with E-state index in [1.54, 1.807) is 0 Å². The van der Waals surface area contributed by atoms with E-state index in [1.807, 2.05) is 36.4 Å². The minimum absolute atomic E-state index is 0.0971. The molecular weight excluding hydrogens is 261 g/mol. The van der Waals surface area contributed by atoms with E-state index < -0.39 is 6.17 Å². The first-order valence-corrected chi connectivity index (χ1v) is 7.57. The molecule has 1 atom stereocenters. The molecule has 1 heterocycles. The van der Waals surface area contributed by atoms with Gasteiger partial charge in [-0.15, -0.1) is 0 Å². The Kier molecular flexibility index (Phi) is 3.48. The maximum atomic E-state index is 14.9. The highest BCUT2D eigenvalue weighted by Crippen LogP contribution is 2.36. The molecule has 0 fully saturated rings. The fourth-order valence-electron chi connectivity index (χ4n) is 2.91. The summed E-state index contributed by atoms with van der Waals surface area (Å²) in [6.45, 7) is 7.41. The largest absolute Gasteiger partial charge is 0.384 e. The molecule has 0 saturated carbocycles. The van der Waals surface area contributed by atoms with Gasteiger partial charge in [-0.05, 0) is 28.5 Å². The minimum Gasteiger partial charge on any atom is -0.384 e. The maximum Gasteiger partial charge on any atom is 0.152 e. The predicted octanol–water partition coefficient (Wildman–Crippen LogP) is 5.01. The second-order valence-electron chi connectivity index (χ2n) is 6.79. The molecule has 110 valence electrons. The maximum absolute atomic E-state index is 14.9. The van der Waals surface area contributed by atoms with E-state index in [2.05, 4.69) is 32.2 Å². The van der Waals surface area contributed by atoms with Crippen molar-refractivity contribution in [1.82, 2.24) is 0 Å². The van der Waals surface area contributed by atoms with E-state index >= 15 is 0 Å². The first-order valence-electron chi connectivity index (χ1n) is 7.57. The van der Waals surface area contributed by atoms with Crippen molar-refractivity contribution in [3.63, 3.8) is 0 Å². The lowest BCUT2D eigenvalue weighted by atomic mass is 9.86. The van der Waals surface area contributed by atoms with Crippen LogP contribution in [0.3, 0.4) is 0 Å². The van der Waals surface area contributed by atoms with Gasteiger partial charge in [0, 0.05) is 17.8 Å². The van der Waals surface area contributed by atoms with Crippen LogP contribution in [0.15, 0.2) is 42.5 Å². The number of anilines is 1. The van der Waals surface area contributed by atoms with Gasteiger partial charge in [-0.25, -0.2) is 4.39 Å². The van der Waals surface area contributed by atoms with Crippen molar-refractivity contribution in [1.29, 1.82) is 0 Å². The number of nitrogens with one attached hydrogen (secondary N) is 1. The molecule has 0 radical (unpaired) electrons. The van der Waals surface area contributed by atoms with Gasteiger partial charge >= 0.3 is 0 Å². The Morgan fingerprint density at radius 1 is 1.05 bits per heavy atom. The number of hydrogen-bond donors (Lipinski definition) is 1. The van der Waals surface area contributed by atoms with Crippen LogP contribution in [0.2, 0.25) is 0 Å². The van der Waals surface area contributed by atoms with E-state index in [0.717, 1.165) is 29.8 Å². The topological polar surface area (TPSA) is 12.0 Å². The zero-order valence-electron chi connectivity index (χ0n) is 12.9. The van der Waals surface area contributed by atoms with Gasteiger partial charge in [0.25, 0.3) is 0 Å². The summed E-state index contributed by atoms with van der Waals surface area (Å²) in [5.74, 6) is 0. The second-order valence-corrected chi connectivity index (χ2v) is 6.79. The van der Waals surface area contributed by atoms with Gasteiger partial charge in [0.15, 0.2) is 6.17 Å². The van der Waals surface area contributed by atoms with Gasteiger partial charge < -0.3 is 5.32 Å². The van der Waals surface area contributed by atoms with Crippen LogP contribution in [0.5, 0.6) is 0 Å². The molecule has 1 N–H and O–H groups in total. The molecular formula is C19H22FN. The molecule has 0 amide bonds. The number of halogens is 1. The molecule has 1 unspecified atom stereocenters. The molecule has 21 heavy (non-hydrogen) atoms. The van der Waals surface area contributed by atoms with Crippen LogP contribution in [0.4, 0.5) is 10.1 Å². The molecule has 1 nitrogen and oxygen atoms in total. The molecule has 2 heteroatoms. The van der Waals surface area contributed by atoms with E-state index in [9.17, 15) is 4.39 Å². The highest BCUT2D eigenvalue weighted by Gasteiger charge is 2.22. The van der Waals surface area contributed by atoms with Crippen LogP contribution >= 0.6 is 0 Å². The van der Waals surface area contributed by atoms with Crippen molar-refractivity contribution in [3.05, 3.63) is 64.7 Å².